The topological polar surface area (TPSA) is 120 Å². The molecule has 288 valence electrons. The summed E-state index contributed by atoms with van der Waals surface area (Å²) in [6.07, 6.45) is 5.81. The molecule has 0 unspecified atom stereocenters. The number of rotatable bonds is 7. The van der Waals surface area contributed by atoms with Crippen molar-refractivity contribution in [3.63, 3.8) is 0 Å². The quantitative estimate of drug-likeness (QED) is 0.235. The van der Waals surface area contributed by atoms with Crippen molar-refractivity contribution >= 4 is 5.97 Å². The molecule has 1 aromatic rings. The zero-order valence-corrected chi connectivity index (χ0v) is 31.6. The van der Waals surface area contributed by atoms with Crippen molar-refractivity contribution in [1.29, 1.82) is 0 Å². The van der Waals surface area contributed by atoms with Gasteiger partial charge >= 0.3 is 5.97 Å². The minimum Gasteiger partial charge on any atom is -0.459 e. The molecule has 0 aromatic heterocycles. The van der Waals surface area contributed by atoms with E-state index in [1.54, 1.807) is 24.3 Å². The Balaban J connectivity index is 1.02. The molecule has 1 N–H and O–H groups in total. The lowest BCUT2D eigenvalue weighted by Crippen LogP contribution is -2.71. The molecule has 0 amide bonds. The zero-order valence-electron chi connectivity index (χ0n) is 31.6. The van der Waals surface area contributed by atoms with Gasteiger partial charge in [0.1, 0.15) is 12.2 Å². The minimum absolute atomic E-state index is 0.0113. The molecule has 10 aliphatic rings. The molecular weight excluding hydrogens is 668 g/mol. The summed E-state index contributed by atoms with van der Waals surface area (Å²) < 4.78 is 33.2. The SMILES string of the molecule is C[C@H]1[C@@H](CC(O)(COC(=O)c2ccccc2)C[C@H]2O[C@@H]3O[C@]4(C)CC[C@H]5[C@H](C)CC[C@@H]([C@H]2C)[C@@]35OO4)O[C@@H]2O[C@]3(C)CC[C@H]4[C@H](C)CC[C@@H]1[C@@]24OO3. The van der Waals surface area contributed by atoms with E-state index >= 15 is 0 Å². The summed E-state index contributed by atoms with van der Waals surface area (Å²) in [6, 6.07) is 8.92. The van der Waals surface area contributed by atoms with Gasteiger partial charge in [0.05, 0.1) is 17.8 Å². The first kappa shape index (κ1) is 36.0. The van der Waals surface area contributed by atoms with Gasteiger partial charge in [-0.25, -0.2) is 24.3 Å². The molecule has 1 aromatic carbocycles. The van der Waals surface area contributed by atoms with Gasteiger partial charge in [-0.3, -0.25) is 0 Å². The first-order chi connectivity index (χ1) is 24.8. The molecule has 16 atom stereocenters. The van der Waals surface area contributed by atoms with Crippen LogP contribution in [0.2, 0.25) is 0 Å². The molecule has 2 saturated carbocycles. The van der Waals surface area contributed by atoms with Crippen molar-refractivity contribution in [2.75, 3.05) is 6.61 Å². The normalized spacial score (nSPS) is 51.7. The van der Waals surface area contributed by atoms with Crippen LogP contribution in [0.3, 0.4) is 0 Å². The number of hydrogen-bond acceptors (Lipinski definition) is 11. The van der Waals surface area contributed by atoms with Gasteiger partial charge in [0.15, 0.2) is 23.8 Å². The first-order valence-electron chi connectivity index (χ1n) is 20.1. The summed E-state index contributed by atoms with van der Waals surface area (Å²) in [5.74, 6) is -0.677. The molecule has 52 heavy (non-hydrogen) atoms. The highest BCUT2D eigenvalue weighted by atomic mass is 17.3. The molecule has 11 rings (SSSR count). The van der Waals surface area contributed by atoms with Crippen LogP contribution in [0.1, 0.15) is 116 Å². The first-order valence-corrected chi connectivity index (χ1v) is 20.1. The van der Waals surface area contributed by atoms with Gasteiger partial charge in [-0.15, -0.1) is 0 Å². The van der Waals surface area contributed by atoms with Crippen LogP contribution < -0.4 is 0 Å². The smallest absolute Gasteiger partial charge is 0.338 e. The van der Waals surface area contributed by atoms with E-state index in [0.717, 1.165) is 51.4 Å². The maximum absolute atomic E-state index is 13.3. The highest BCUT2D eigenvalue weighted by molar-refractivity contribution is 5.89. The summed E-state index contributed by atoms with van der Waals surface area (Å²) in [7, 11) is 0. The molecule has 4 bridgehead atoms. The van der Waals surface area contributed by atoms with Gasteiger partial charge in [0, 0.05) is 37.5 Å². The van der Waals surface area contributed by atoms with Gasteiger partial charge in [0.2, 0.25) is 11.6 Å². The molecule has 11 nitrogen and oxygen atoms in total. The van der Waals surface area contributed by atoms with E-state index in [-0.39, 0.29) is 55.0 Å². The lowest BCUT2D eigenvalue weighted by Gasteiger charge is -2.61. The van der Waals surface area contributed by atoms with Crippen LogP contribution in [0.4, 0.5) is 0 Å². The van der Waals surface area contributed by atoms with E-state index in [2.05, 4.69) is 27.7 Å². The average molecular weight is 727 g/mol. The number of benzene rings is 1. The largest absolute Gasteiger partial charge is 0.459 e. The molecule has 8 saturated heterocycles. The van der Waals surface area contributed by atoms with Gasteiger partial charge < -0.3 is 28.8 Å². The van der Waals surface area contributed by atoms with E-state index in [9.17, 15) is 9.90 Å². The molecule has 0 radical (unpaired) electrons. The number of hydrogen-bond donors (Lipinski definition) is 1. The second kappa shape index (κ2) is 12.7. The highest BCUT2D eigenvalue weighted by Crippen LogP contribution is 2.63. The molecule has 8 heterocycles. The van der Waals surface area contributed by atoms with E-state index < -0.39 is 59.1 Å². The number of ether oxygens (including phenoxy) is 5. The Morgan fingerprint density at radius 2 is 1.19 bits per heavy atom. The Morgan fingerprint density at radius 3 is 1.67 bits per heavy atom. The zero-order chi connectivity index (χ0) is 36.3. The number of esters is 1. The fourth-order valence-corrected chi connectivity index (χ4v) is 12.2. The Labute approximate surface area is 307 Å². The molecule has 10 fully saturated rings. The van der Waals surface area contributed by atoms with Crippen molar-refractivity contribution in [3.8, 4) is 0 Å². The maximum Gasteiger partial charge on any atom is 0.338 e. The van der Waals surface area contributed by atoms with Gasteiger partial charge in [-0.2, -0.15) is 0 Å². The second-order valence-electron chi connectivity index (χ2n) is 18.5. The van der Waals surface area contributed by atoms with Crippen LogP contribution in [0, 0.1) is 47.3 Å². The van der Waals surface area contributed by atoms with Crippen LogP contribution in [-0.2, 0) is 43.2 Å². The number of carbonyl (C=O) groups is 1. The van der Waals surface area contributed by atoms with Crippen molar-refractivity contribution in [3.05, 3.63) is 35.9 Å². The van der Waals surface area contributed by atoms with Gasteiger partial charge in [-0.05, 0) is 100 Å². The summed E-state index contributed by atoms with van der Waals surface area (Å²) in [5.41, 5.74) is -2.47. The molecule has 2 aliphatic carbocycles. The van der Waals surface area contributed by atoms with Crippen molar-refractivity contribution in [2.45, 2.75) is 159 Å². The van der Waals surface area contributed by atoms with Crippen LogP contribution in [-0.4, -0.2) is 70.8 Å². The summed E-state index contributed by atoms with van der Waals surface area (Å²) in [4.78, 5) is 38.2. The standard InChI is InChI=1S/C41H58O11/c1-23-12-14-30-25(3)32(45-35-40(30)28(23)16-18-37(5,47-35)49-51-40)20-39(43,22-44-34(42)27-10-8-7-9-11-27)21-33-26(4)31-15-13-24(2)29-17-19-38(6)48-36(46-33)41(29,31)52-50-38/h7-11,23-26,28-33,35-36,43H,12-22H2,1-6H3/t23-,24-,25-,26-,28+,29+,30+,31+,32-,33-,35-,36-,37+,38+,40-,41-/m1/s1. The van der Waals surface area contributed by atoms with Crippen molar-refractivity contribution in [1.82, 2.24) is 0 Å². The predicted molar refractivity (Wildman–Crippen MR) is 185 cm³/mol. The number of fused-ring (bicyclic) bond motifs is 4. The fourth-order valence-electron chi connectivity index (χ4n) is 12.2. The minimum atomic E-state index is -1.49. The van der Waals surface area contributed by atoms with E-state index in [0.29, 0.717) is 17.4 Å². The van der Waals surface area contributed by atoms with Crippen LogP contribution in [0.15, 0.2) is 30.3 Å². The molecule has 8 aliphatic heterocycles. The maximum atomic E-state index is 13.3. The molecule has 2 spiro atoms. The van der Waals surface area contributed by atoms with E-state index in [1.165, 1.54) is 0 Å². The fraction of sp³-hybridized carbons (Fsp3) is 0.829. The number of aliphatic hydroxyl groups is 1. The summed E-state index contributed by atoms with van der Waals surface area (Å²) in [5, 5.41) is 12.9. The predicted octanol–water partition coefficient (Wildman–Crippen LogP) is 6.86. The van der Waals surface area contributed by atoms with Gasteiger partial charge in [0.25, 0.3) is 0 Å². The monoisotopic (exact) mass is 726 g/mol. The van der Waals surface area contributed by atoms with Crippen LogP contribution in [0.5, 0.6) is 0 Å². The van der Waals surface area contributed by atoms with Crippen LogP contribution >= 0.6 is 0 Å². The summed E-state index contributed by atoms with van der Waals surface area (Å²) >= 11 is 0. The third kappa shape index (κ3) is 5.50. The van der Waals surface area contributed by atoms with E-state index in [4.69, 9.17) is 43.2 Å². The Hall–Kier alpha value is -1.67. The van der Waals surface area contributed by atoms with Crippen molar-refractivity contribution < 1.29 is 53.1 Å². The molecular formula is C41H58O11. The lowest BCUT2D eigenvalue weighted by atomic mass is 9.56. The average Bonchev–Trinajstić information content (AvgIpc) is 3.50. The Bertz CT molecular complexity index is 1430. The number of carbonyl (C=O) groups excluding carboxylic acids is 1. The molecule has 11 heteroatoms. The summed E-state index contributed by atoms with van der Waals surface area (Å²) in [6.45, 7) is 12.7. The van der Waals surface area contributed by atoms with E-state index in [1.807, 2.05) is 19.9 Å². The Kier molecular flexibility index (Phi) is 8.78. The Morgan fingerprint density at radius 1 is 0.712 bits per heavy atom. The van der Waals surface area contributed by atoms with Crippen LogP contribution in [0.25, 0.3) is 0 Å². The van der Waals surface area contributed by atoms with Gasteiger partial charge in [-0.1, -0.05) is 45.9 Å². The third-order valence-electron chi connectivity index (χ3n) is 15.2. The van der Waals surface area contributed by atoms with Crippen molar-refractivity contribution in [2.24, 2.45) is 47.3 Å². The second-order valence-corrected chi connectivity index (χ2v) is 18.5. The lowest BCUT2D eigenvalue weighted by molar-refractivity contribution is -0.572. The third-order valence-corrected chi connectivity index (χ3v) is 15.2. The highest BCUT2D eigenvalue weighted by Gasteiger charge is 2.71.